The van der Waals surface area contributed by atoms with Crippen molar-refractivity contribution >= 4 is 17.6 Å². The summed E-state index contributed by atoms with van der Waals surface area (Å²) in [5.74, 6) is -0.386. The van der Waals surface area contributed by atoms with E-state index in [2.05, 4.69) is 5.10 Å². The van der Waals surface area contributed by atoms with Crippen LogP contribution in [0.25, 0.3) is 0 Å². The first-order valence-corrected chi connectivity index (χ1v) is 6.33. The zero-order chi connectivity index (χ0) is 15.1. The standard InChI is InChI=1S/C13H13N5O3/c1-8-2-4-9(5-3-8)16-7-11-15-17(6-10(14)19)13(21)18(11)12(16)20/h2-5H,6-7H2,1H3,(H2,14,19). The third kappa shape index (κ3) is 2.10. The zero-order valence-corrected chi connectivity index (χ0v) is 11.3. The fraction of sp³-hybridized carbons (Fsp3) is 0.231. The van der Waals surface area contributed by atoms with Crippen molar-refractivity contribution in [2.24, 2.45) is 5.73 Å². The van der Waals surface area contributed by atoms with Gasteiger partial charge in [-0.3, -0.25) is 9.69 Å². The number of carbonyl (C=O) groups excluding carboxylic acids is 2. The molecule has 1 aliphatic rings. The molecule has 1 aliphatic heterocycles. The molecule has 21 heavy (non-hydrogen) atoms. The average molecular weight is 287 g/mol. The first-order chi connectivity index (χ1) is 9.97. The van der Waals surface area contributed by atoms with E-state index in [4.69, 9.17) is 5.73 Å². The molecule has 0 atom stereocenters. The molecule has 1 aromatic carbocycles. The van der Waals surface area contributed by atoms with Crippen LogP contribution >= 0.6 is 0 Å². The molecule has 2 aromatic rings. The van der Waals surface area contributed by atoms with E-state index in [1.165, 1.54) is 4.90 Å². The third-order valence-corrected chi connectivity index (χ3v) is 3.28. The summed E-state index contributed by atoms with van der Waals surface area (Å²) < 4.78 is 1.87. The molecule has 0 radical (unpaired) electrons. The molecule has 0 aliphatic carbocycles. The number of fused-ring (bicyclic) bond motifs is 1. The Labute approximate surface area is 119 Å². The molecular formula is C13H13N5O3. The number of carbonyl (C=O) groups is 2. The van der Waals surface area contributed by atoms with Gasteiger partial charge in [-0.15, -0.1) is 0 Å². The number of aryl methyl sites for hydroxylation is 1. The van der Waals surface area contributed by atoms with Gasteiger partial charge in [0.15, 0.2) is 5.82 Å². The molecule has 0 unspecified atom stereocenters. The molecule has 8 nitrogen and oxygen atoms in total. The Morgan fingerprint density at radius 3 is 2.52 bits per heavy atom. The van der Waals surface area contributed by atoms with E-state index in [9.17, 15) is 14.4 Å². The molecule has 0 saturated heterocycles. The third-order valence-electron chi connectivity index (χ3n) is 3.28. The summed E-state index contributed by atoms with van der Waals surface area (Å²) in [6.07, 6.45) is 0. The fourth-order valence-electron chi connectivity index (χ4n) is 2.25. The molecule has 0 bridgehead atoms. The molecular weight excluding hydrogens is 274 g/mol. The van der Waals surface area contributed by atoms with Crippen LogP contribution in [0.4, 0.5) is 10.5 Å². The van der Waals surface area contributed by atoms with Gasteiger partial charge in [-0.1, -0.05) is 17.7 Å². The average Bonchev–Trinajstić information content (AvgIpc) is 2.89. The van der Waals surface area contributed by atoms with Crippen molar-refractivity contribution in [1.29, 1.82) is 0 Å². The quantitative estimate of drug-likeness (QED) is 0.846. The van der Waals surface area contributed by atoms with Gasteiger partial charge < -0.3 is 5.73 Å². The summed E-state index contributed by atoms with van der Waals surface area (Å²) in [6.45, 7) is 1.79. The molecule has 3 rings (SSSR count). The normalized spacial score (nSPS) is 13.6. The SMILES string of the molecule is Cc1ccc(N2Cc3nn(CC(N)=O)c(=O)n3C2=O)cc1. The number of hydrogen-bond acceptors (Lipinski definition) is 4. The predicted octanol–water partition coefficient (Wildman–Crippen LogP) is -0.173. The monoisotopic (exact) mass is 287 g/mol. The maximum absolute atomic E-state index is 12.3. The number of aromatic nitrogens is 3. The lowest BCUT2D eigenvalue weighted by atomic mass is 10.2. The molecule has 8 heteroatoms. The van der Waals surface area contributed by atoms with Gasteiger partial charge in [-0.2, -0.15) is 9.67 Å². The Balaban J connectivity index is 1.95. The number of anilines is 1. The van der Waals surface area contributed by atoms with Gasteiger partial charge in [0.05, 0.1) is 6.54 Å². The molecule has 0 spiro atoms. The minimum absolute atomic E-state index is 0.183. The van der Waals surface area contributed by atoms with Gasteiger partial charge in [-0.25, -0.2) is 14.3 Å². The van der Waals surface area contributed by atoms with Crippen molar-refractivity contribution in [2.75, 3.05) is 4.90 Å². The molecule has 108 valence electrons. The van der Waals surface area contributed by atoms with Gasteiger partial charge >= 0.3 is 11.7 Å². The number of primary amides is 1. The van der Waals surface area contributed by atoms with E-state index in [1.807, 2.05) is 31.2 Å². The summed E-state index contributed by atoms with van der Waals surface area (Å²) >= 11 is 0. The van der Waals surface area contributed by atoms with Crippen LogP contribution in [0, 0.1) is 6.92 Å². The van der Waals surface area contributed by atoms with Crippen LogP contribution in [0.3, 0.4) is 0 Å². The van der Waals surface area contributed by atoms with E-state index in [0.717, 1.165) is 14.8 Å². The highest BCUT2D eigenvalue weighted by Gasteiger charge is 2.33. The molecule has 2 heterocycles. The van der Waals surface area contributed by atoms with Gasteiger partial charge in [0.1, 0.15) is 6.54 Å². The fourth-order valence-corrected chi connectivity index (χ4v) is 2.25. The maximum Gasteiger partial charge on any atom is 0.354 e. The summed E-state index contributed by atoms with van der Waals surface area (Å²) in [7, 11) is 0. The van der Waals surface area contributed by atoms with Crippen molar-refractivity contribution in [3.05, 3.63) is 46.1 Å². The van der Waals surface area contributed by atoms with Crippen LogP contribution in [0.15, 0.2) is 29.1 Å². The van der Waals surface area contributed by atoms with Gasteiger partial charge in [0, 0.05) is 5.69 Å². The van der Waals surface area contributed by atoms with E-state index in [1.54, 1.807) is 0 Å². The zero-order valence-electron chi connectivity index (χ0n) is 11.3. The Bertz CT molecular complexity index is 787. The molecule has 2 amide bonds. The van der Waals surface area contributed by atoms with Gasteiger partial charge in [0.2, 0.25) is 5.91 Å². The lowest BCUT2D eigenvalue weighted by Gasteiger charge is -2.14. The maximum atomic E-state index is 12.3. The first kappa shape index (κ1) is 13.1. The Morgan fingerprint density at radius 1 is 1.29 bits per heavy atom. The predicted molar refractivity (Wildman–Crippen MR) is 73.8 cm³/mol. The highest BCUT2D eigenvalue weighted by molar-refractivity contribution is 5.96. The van der Waals surface area contributed by atoms with Crippen LogP contribution < -0.4 is 16.3 Å². The van der Waals surface area contributed by atoms with Crippen LogP contribution in [-0.4, -0.2) is 26.3 Å². The summed E-state index contributed by atoms with van der Waals surface area (Å²) in [4.78, 5) is 36.7. The topological polar surface area (TPSA) is 103 Å². The number of nitrogens with two attached hydrogens (primary N) is 1. The summed E-state index contributed by atoms with van der Waals surface area (Å²) in [6, 6.07) is 6.91. The highest BCUT2D eigenvalue weighted by Crippen LogP contribution is 2.22. The van der Waals surface area contributed by atoms with E-state index >= 15 is 0 Å². The van der Waals surface area contributed by atoms with Crippen LogP contribution in [-0.2, 0) is 17.9 Å². The van der Waals surface area contributed by atoms with E-state index < -0.39 is 17.6 Å². The number of nitrogens with zero attached hydrogens (tertiary/aromatic N) is 4. The molecule has 0 saturated carbocycles. The lowest BCUT2D eigenvalue weighted by molar-refractivity contribution is -0.118. The van der Waals surface area contributed by atoms with Gasteiger partial charge in [0.25, 0.3) is 0 Å². The lowest BCUT2D eigenvalue weighted by Crippen LogP contribution is -2.36. The van der Waals surface area contributed by atoms with Crippen molar-refractivity contribution in [3.63, 3.8) is 0 Å². The van der Waals surface area contributed by atoms with E-state index in [-0.39, 0.29) is 13.1 Å². The van der Waals surface area contributed by atoms with Gasteiger partial charge in [-0.05, 0) is 19.1 Å². The number of benzene rings is 1. The number of amides is 2. The first-order valence-electron chi connectivity index (χ1n) is 6.33. The van der Waals surface area contributed by atoms with E-state index in [0.29, 0.717) is 11.5 Å². The molecule has 2 N–H and O–H groups in total. The smallest absolute Gasteiger partial charge is 0.354 e. The Hall–Kier alpha value is -2.90. The highest BCUT2D eigenvalue weighted by atomic mass is 16.2. The largest absolute Gasteiger partial charge is 0.368 e. The van der Waals surface area contributed by atoms with Crippen LogP contribution in [0.1, 0.15) is 11.4 Å². The summed E-state index contributed by atoms with van der Waals surface area (Å²) in [5.41, 5.74) is 6.15. The van der Waals surface area contributed by atoms with Crippen molar-refractivity contribution in [1.82, 2.24) is 14.3 Å². The number of hydrogen-bond donors (Lipinski definition) is 1. The Morgan fingerprint density at radius 2 is 1.95 bits per heavy atom. The Kier molecular flexibility index (Phi) is 2.86. The number of rotatable bonds is 3. The minimum Gasteiger partial charge on any atom is -0.368 e. The molecule has 0 fully saturated rings. The second-order valence-electron chi connectivity index (χ2n) is 4.86. The second kappa shape index (κ2) is 4.58. The van der Waals surface area contributed by atoms with Crippen molar-refractivity contribution < 1.29 is 9.59 Å². The van der Waals surface area contributed by atoms with Crippen molar-refractivity contribution in [2.45, 2.75) is 20.0 Å². The second-order valence-corrected chi connectivity index (χ2v) is 4.86. The summed E-state index contributed by atoms with van der Waals surface area (Å²) in [5, 5.41) is 3.98. The molecule has 1 aromatic heterocycles. The van der Waals surface area contributed by atoms with Crippen molar-refractivity contribution in [3.8, 4) is 0 Å². The van der Waals surface area contributed by atoms with Crippen LogP contribution in [0.2, 0.25) is 0 Å². The van der Waals surface area contributed by atoms with Crippen LogP contribution in [0.5, 0.6) is 0 Å². The minimum atomic E-state index is -0.684.